The van der Waals surface area contributed by atoms with Gasteiger partial charge in [0.1, 0.15) is 0 Å². The van der Waals surface area contributed by atoms with Gasteiger partial charge in [-0.15, -0.1) is 0 Å². The van der Waals surface area contributed by atoms with Gasteiger partial charge >= 0.3 is 0 Å². The predicted octanol–water partition coefficient (Wildman–Crippen LogP) is 5.53. The highest BCUT2D eigenvalue weighted by Crippen LogP contribution is 2.32. The Labute approximate surface area is 135 Å². The number of aliphatic hydroxyl groups excluding tert-OH is 1. The van der Waals surface area contributed by atoms with Crippen molar-refractivity contribution in [3.63, 3.8) is 0 Å². The van der Waals surface area contributed by atoms with Crippen LogP contribution in [0.1, 0.15) is 59.1 Å². The minimum atomic E-state index is 0.187. The summed E-state index contributed by atoms with van der Waals surface area (Å²) in [6, 6.07) is 6.34. The van der Waals surface area contributed by atoms with Crippen LogP contribution in [0.2, 0.25) is 5.02 Å². The van der Waals surface area contributed by atoms with Crippen LogP contribution >= 0.6 is 11.6 Å². The highest BCUT2D eigenvalue weighted by atomic mass is 35.5. The molecule has 0 amide bonds. The number of aryl methyl sites for hydroxylation is 1. The van der Waals surface area contributed by atoms with E-state index in [1.807, 2.05) is 0 Å². The second-order valence-corrected chi connectivity index (χ2v) is 7.99. The van der Waals surface area contributed by atoms with Gasteiger partial charge in [0.2, 0.25) is 0 Å². The lowest BCUT2D eigenvalue weighted by Gasteiger charge is -2.26. The molecule has 0 saturated heterocycles. The normalized spacial score (nSPS) is 14.0. The zero-order chi connectivity index (χ0) is 16.2. The summed E-state index contributed by atoms with van der Waals surface area (Å²) in [5, 5.41) is 10.4. The van der Waals surface area contributed by atoms with Gasteiger partial charge in [0, 0.05) is 17.5 Å². The molecule has 0 spiro atoms. The second kappa shape index (κ2) is 7.65. The summed E-state index contributed by atoms with van der Waals surface area (Å²) >= 11 is 6.45. The standard InChI is InChI=1S/C19H30ClO/c1-13(2)17(12-21)14(3)16-8-7-15(18(20)11-16)9-10-19(4,5)6/h7-8,11,13,17,21H,9-10,12H2,1-6H3/t17-/m0/s1. The quantitative estimate of drug-likeness (QED) is 0.733. The van der Waals surface area contributed by atoms with E-state index in [4.69, 9.17) is 11.6 Å². The lowest BCUT2D eigenvalue weighted by atomic mass is 9.80. The summed E-state index contributed by atoms with van der Waals surface area (Å²) in [5.41, 5.74) is 2.68. The summed E-state index contributed by atoms with van der Waals surface area (Å²) in [4.78, 5) is 0. The van der Waals surface area contributed by atoms with E-state index in [1.165, 1.54) is 11.5 Å². The summed E-state index contributed by atoms with van der Waals surface area (Å²) < 4.78 is 0. The third-order valence-electron chi connectivity index (χ3n) is 4.21. The van der Waals surface area contributed by atoms with Crippen molar-refractivity contribution < 1.29 is 5.11 Å². The van der Waals surface area contributed by atoms with E-state index in [0.717, 1.165) is 23.4 Å². The third-order valence-corrected chi connectivity index (χ3v) is 4.56. The molecular formula is C19H30ClO. The van der Waals surface area contributed by atoms with Crippen LogP contribution in [0.4, 0.5) is 0 Å². The van der Waals surface area contributed by atoms with Crippen molar-refractivity contribution in [2.75, 3.05) is 6.61 Å². The van der Waals surface area contributed by atoms with E-state index in [9.17, 15) is 5.11 Å². The lowest BCUT2D eigenvalue weighted by Crippen LogP contribution is -2.21. The van der Waals surface area contributed by atoms with Crippen LogP contribution < -0.4 is 0 Å². The number of hydrogen-bond acceptors (Lipinski definition) is 1. The SMILES string of the molecule is C[C](c1ccc(CCC(C)(C)C)c(Cl)c1)[C@@H](CO)C(C)C. The molecule has 1 radical (unpaired) electrons. The maximum absolute atomic E-state index is 9.57. The van der Waals surface area contributed by atoms with Crippen LogP contribution in [0.3, 0.4) is 0 Å². The predicted molar refractivity (Wildman–Crippen MR) is 92.7 cm³/mol. The molecule has 0 aromatic heterocycles. The molecule has 0 aliphatic heterocycles. The van der Waals surface area contributed by atoms with Gasteiger partial charge in [-0.2, -0.15) is 0 Å². The van der Waals surface area contributed by atoms with Gasteiger partial charge in [0.15, 0.2) is 0 Å². The molecule has 1 aromatic rings. The molecule has 1 rings (SSSR count). The average molecular weight is 310 g/mol. The van der Waals surface area contributed by atoms with Crippen molar-refractivity contribution in [2.45, 2.75) is 54.4 Å². The van der Waals surface area contributed by atoms with E-state index in [1.54, 1.807) is 0 Å². The molecule has 0 saturated carbocycles. The molecule has 1 atom stereocenters. The van der Waals surface area contributed by atoms with Crippen molar-refractivity contribution in [3.05, 3.63) is 40.3 Å². The second-order valence-electron chi connectivity index (χ2n) is 7.58. The molecule has 1 aromatic carbocycles. The van der Waals surface area contributed by atoms with Gasteiger partial charge in [-0.05, 0) is 47.3 Å². The molecule has 0 heterocycles. The minimum Gasteiger partial charge on any atom is -0.396 e. The first kappa shape index (κ1) is 18.5. The zero-order valence-corrected chi connectivity index (χ0v) is 15.1. The molecule has 0 unspecified atom stereocenters. The molecule has 0 aliphatic rings. The van der Waals surface area contributed by atoms with Crippen LogP contribution in [0.5, 0.6) is 0 Å². The van der Waals surface area contributed by atoms with Crippen LogP contribution in [0.15, 0.2) is 18.2 Å². The van der Waals surface area contributed by atoms with E-state index in [0.29, 0.717) is 11.3 Å². The molecule has 0 fully saturated rings. The molecule has 21 heavy (non-hydrogen) atoms. The smallest absolute Gasteiger partial charge is 0.0470 e. The van der Waals surface area contributed by atoms with Crippen molar-refractivity contribution >= 4 is 11.6 Å². The fraction of sp³-hybridized carbons (Fsp3) is 0.632. The van der Waals surface area contributed by atoms with E-state index in [2.05, 4.69) is 59.7 Å². The Balaban J connectivity index is 2.86. The van der Waals surface area contributed by atoms with Crippen molar-refractivity contribution in [3.8, 4) is 0 Å². The number of aliphatic hydroxyl groups is 1. The fourth-order valence-electron chi connectivity index (χ4n) is 2.57. The van der Waals surface area contributed by atoms with Crippen molar-refractivity contribution in [1.29, 1.82) is 0 Å². The van der Waals surface area contributed by atoms with Crippen LogP contribution in [-0.4, -0.2) is 11.7 Å². The molecule has 2 heteroatoms. The number of hydrogen-bond donors (Lipinski definition) is 1. The molecule has 0 aliphatic carbocycles. The Morgan fingerprint density at radius 3 is 2.29 bits per heavy atom. The van der Waals surface area contributed by atoms with Crippen LogP contribution in [-0.2, 0) is 6.42 Å². The monoisotopic (exact) mass is 309 g/mol. The first-order valence-electron chi connectivity index (χ1n) is 7.89. The maximum Gasteiger partial charge on any atom is 0.0470 e. The molecule has 0 bridgehead atoms. The van der Waals surface area contributed by atoms with Gasteiger partial charge in [0.05, 0.1) is 0 Å². The minimum absolute atomic E-state index is 0.187. The fourth-order valence-corrected chi connectivity index (χ4v) is 2.84. The van der Waals surface area contributed by atoms with E-state index < -0.39 is 0 Å². The van der Waals surface area contributed by atoms with Gasteiger partial charge in [-0.1, -0.05) is 65.3 Å². The Hall–Kier alpha value is -0.530. The van der Waals surface area contributed by atoms with Crippen LogP contribution in [0.25, 0.3) is 0 Å². The zero-order valence-electron chi connectivity index (χ0n) is 14.3. The number of rotatable bonds is 6. The van der Waals surface area contributed by atoms with Crippen LogP contribution in [0, 0.1) is 23.2 Å². The van der Waals surface area contributed by atoms with Crippen molar-refractivity contribution in [2.24, 2.45) is 17.3 Å². The summed E-state index contributed by atoms with van der Waals surface area (Å²) in [6.45, 7) is 13.3. The van der Waals surface area contributed by atoms with E-state index >= 15 is 0 Å². The Morgan fingerprint density at radius 2 is 1.86 bits per heavy atom. The van der Waals surface area contributed by atoms with Gasteiger partial charge in [0.25, 0.3) is 0 Å². The van der Waals surface area contributed by atoms with Gasteiger partial charge in [-0.3, -0.25) is 0 Å². The maximum atomic E-state index is 9.57. The lowest BCUT2D eigenvalue weighted by molar-refractivity contribution is 0.202. The Bertz CT molecular complexity index is 445. The molecule has 1 N–H and O–H groups in total. The number of halogens is 1. The highest BCUT2D eigenvalue weighted by molar-refractivity contribution is 6.31. The number of benzene rings is 1. The van der Waals surface area contributed by atoms with Gasteiger partial charge < -0.3 is 5.11 Å². The summed E-state index contributed by atoms with van der Waals surface area (Å²) in [5.74, 6) is 1.84. The van der Waals surface area contributed by atoms with Gasteiger partial charge in [-0.25, -0.2) is 0 Å². The molecule has 119 valence electrons. The summed E-state index contributed by atoms with van der Waals surface area (Å²) in [7, 11) is 0. The molecular weight excluding hydrogens is 280 g/mol. The summed E-state index contributed by atoms with van der Waals surface area (Å²) in [6.07, 6.45) is 2.13. The first-order valence-corrected chi connectivity index (χ1v) is 8.26. The topological polar surface area (TPSA) is 20.2 Å². The van der Waals surface area contributed by atoms with E-state index in [-0.39, 0.29) is 12.5 Å². The van der Waals surface area contributed by atoms with Crippen molar-refractivity contribution in [1.82, 2.24) is 0 Å². The highest BCUT2D eigenvalue weighted by Gasteiger charge is 2.22. The average Bonchev–Trinajstić information content (AvgIpc) is 2.36. The Kier molecular flexibility index (Phi) is 6.74. The Morgan fingerprint density at radius 1 is 1.24 bits per heavy atom. The third kappa shape index (κ3) is 5.64. The largest absolute Gasteiger partial charge is 0.396 e. The first-order chi connectivity index (χ1) is 9.65. The molecule has 1 nitrogen and oxygen atoms in total.